The predicted octanol–water partition coefficient (Wildman–Crippen LogP) is 2.46. The highest BCUT2D eigenvalue weighted by Crippen LogP contribution is 2.08. The predicted molar refractivity (Wildman–Crippen MR) is 74.2 cm³/mol. The first-order chi connectivity index (χ1) is 8.52. The van der Waals surface area contributed by atoms with E-state index in [-0.39, 0.29) is 5.82 Å². The Labute approximate surface area is 109 Å². The minimum atomic E-state index is -0.166. The van der Waals surface area contributed by atoms with E-state index in [1.165, 1.54) is 6.07 Å². The van der Waals surface area contributed by atoms with Crippen molar-refractivity contribution in [1.82, 2.24) is 10.6 Å². The number of nitrogens with zero attached hydrogens (tertiary/aromatic N) is 1. The number of benzene rings is 1. The van der Waals surface area contributed by atoms with Crippen molar-refractivity contribution in [3.8, 4) is 0 Å². The largest absolute Gasteiger partial charge is 0.356 e. The van der Waals surface area contributed by atoms with Gasteiger partial charge in [-0.2, -0.15) is 0 Å². The van der Waals surface area contributed by atoms with Crippen LogP contribution in [0.25, 0.3) is 0 Å². The van der Waals surface area contributed by atoms with Crippen molar-refractivity contribution in [3.63, 3.8) is 0 Å². The Morgan fingerprint density at radius 2 is 2.06 bits per heavy atom. The van der Waals surface area contributed by atoms with Crippen molar-refractivity contribution in [2.45, 2.75) is 27.3 Å². The Hall–Kier alpha value is -1.58. The molecule has 0 saturated heterocycles. The van der Waals surface area contributed by atoms with E-state index < -0.39 is 0 Å². The minimum absolute atomic E-state index is 0.166. The quantitative estimate of drug-likeness (QED) is 0.637. The number of aliphatic imine (C=N–C) groups is 1. The normalized spacial score (nSPS) is 11.8. The summed E-state index contributed by atoms with van der Waals surface area (Å²) in [4.78, 5) is 4.14. The molecule has 0 saturated carbocycles. The summed E-state index contributed by atoms with van der Waals surface area (Å²) < 4.78 is 13.1. The van der Waals surface area contributed by atoms with E-state index in [2.05, 4.69) is 29.5 Å². The molecule has 0 radical (unpaired) electrons. The molecule has 0 spiro atoms. The average Bonchev–Trinajstić information content (AvgIpc) is 2.33. The molecule has 100 valence electrons. The van der Waals surface area contributed by atoms with Gasteiger partial charge in [-0.25, -0.2) is 4.39 Å². The van der Waals surface area contributed by atoms with Gasteiger partial charge in [0.05, 0.1) is 0 Å². The van der Waals surface area contributed by atoms with E-state index in [1.807, 2.05) is 6.07 Å². The Kier molecular flexibility index (Phi) is 5.62. The van der Waals surface area contributed by atoms with Crippen molar-refractivity contribution >= 4 is 5.96 Å². The average molecular weight is 251 g/mol. The van der Waals surface area contributed by atoms with E-state index in [9.17, 15) is 4.39 Å². The summed E-state index contributed by atoms with van der Waals surface area (Å²) in [5, 5.41) is 6.43. The zero-order valence-electron chi connectivity index (χ0n) is 11.5. The van der Waals surface area contributed by atoms with Gasteiger partial charge in [-0.3, -0.25) is 4.99 Å². The second kappa shape index (κ2) is 6.99. The summed E-state index contributed by atoms with van der Waals surface area (Å²) in [6, 6.07) is 5.12. The monoisotopic (exact) mass is 251 g/mol. The SMILES string of the molecule is CN=C(NCc1ccc(F)c(C)c1)NCC(C)C. The Morgan fingerprint density at radius 3 is 2.61 bits per heavy atom. The van der Waals surface area contributed by atoms with E-state index >= 15 is 0 Å². The summed E-state index contributed by atoms with van der Waals surface area (Å²) in [6.45, 7) is 7.57. The van der Waals surface area contributed by atoms with Crippen LogP contribution in [0.2, 0.25) is 0 Å². The summed E-state index contributed by atoms with van der Waals surface area (Å²) in [7, 11) is 1.74. The van der Waals surface area contributed by atoms with Crippen LogP contribution >= 0.6 is 0 Å². The van der Waals surface area contributed by atoms with Crippen molar-refractivity contribution in [2.75, 3.05) is 13.6 Å². The van der Waals surface area contributed by atoms with E-state index in [1.54, 1.807) is 20.0 Å². The molecule has 0 bridgehead atoms. The molecular formula is C14H22FN3. The van der Waals surface area contributed by atoms with Gasteiger partial charge in [0.1, 0.15) is 5.82 Å². The van der Waals surface area contributed by atoms with Gasteiger partial charge in [-0.05, 0) is 30.0 Å². The fourth-order valence-electron chi connectivity index (χ4n) is 1.52. The van der Waals surface area contributed by atoms with Crippen LogP contribution in [0.15, 0.2) is 23.2 Å². The van der Waals surface area contributed by atoms with Crippen molar-refractivity contribution in [3.05, 3.63) is 35.1 Å². The van der Waals surface area contributed by atoms with Gasteiger partial charge in [-0.15, -0.1) is 0 Å². The topological polar surface area (TPSA) is 36.4 Å². The zero-order valence-corrected chi connectivity index (χ0v) is 11.5. The second-order valence-corrected chi connectivity index (χ2v) is 4.78. The highest BCUT2D eigenvalue weighted by atomic mass is 19.1. The molecule has 0 fully saturated rings. The third-order valence-electron chi connectivity index (χ3n) is 2.58. The number of hydrogen-bond acceptors (Lipinski definition) is 1. The lowest BCUT2D eigenvalue weighted by Gasteiger charge is -2.13. The van der Waals surface area contributed by atoms with Gasteiger partial charge in [0.2, 0.25) is 0 Å². The highest BCUT2D eigenvalue weighted by molar-refractivity contribution is 5.79. The van der Waals surface area contributed by atoms with Gasteiger partial charge in [0, 0.05) is 20.1 Å². The number of halogens is 1. The molecule has 18 heavy (non-hydrogen) atoms. The summed E-state index contributed by atoms with van der Waals surface area (Å²) >= 11 is 0. The molecule has 0 aliphatic heterocycles. The van der Waals surface area contributed by atoms with Gasteiger partial charge >= 0.3 is 0 Å². The summed E-state index contributed by atoms with van der Waals surface area (Å²) in [5.41, 5.74) is 1.71. The second-order valence-electron chi connectivity index (χ2n) is 4.78. The van der Waals surface area contributed by atoms with Crippen LogP contribution in [0.4, 0.5) is 4.39 Å². The molecule has 2 N–H and O–H groups in total. The molecule has 1 aromatic carbocycles. The Balaban J connectivity index is 2.50. The fourth-order valence-corrected chi connectivity index (χ4v) is 1.52. The minimum Gasteiger partial charge on any atom is -0.356 e. The van der Waals surface area contributed by atoms with Crippen molar-refractivity contribution in [2.24, 2.45) is 10.9 Å². The van der Waals surface area contributed by atoms with Crippen LogP contribution in [-0.2, 0) is 6.54 Å². The molecule has 0 aliphatic rings. The molecule has 0 atom stereocenters. The Morgan fingerprint density at radius 1 is 1.33 bits per heavy atom. The molecular weight excluding hydrogens is 229 g/mol. The number of nitrogens with one attached hydrogen (secondary N) is 2. The number of hydrogen-bond donors (Lipinski definition) is 2. The molecule has 3 nitrogen and oxygen atoms in total. The summed E-state index contributed by atoms with van der Waals surface area (Å²) in [6.07, 6.45) is 0. The van der Waals surface area contributed by atoms with E-state index in [0.717, 1.165) is 18.1 Å². The van der Waals surface area contributed by atoms with Crippen LogP contribution in [0, 0.1) is 18.7 Å². The molecule has 1 aromatic rings. The smallest absolute Gasteiger partial charge is 0.191 e. The number of guanidine groups is 1. The maximum absolute atomic E-state index is 13.1. The van der Waals surface area contributed by atoms with Crippen molar-refractivity contribution in [1.29, 1.82) is 0 Å². The van der Waals surface area contributed by atoms with E-state index in [0.29, 0.717) is 18.0 Å². The molecule has 1 rings (SSSR count). The van der Waals surface area contributed by atoms with Crippen LogP contribution in [0.1, 0.15) is 25.0 Å². The number of aryl methyl sites for hydroxylation is 1. The first-order valence-corrected chi connectivity index (χ1v) is 6.22. The van der Waals surface area contributed by atoms with Gasteiger partial charge in [0.25, 0.3) is 0 Å². The Bertz CT molecular complexity index is 414. The van der Waals surface area contributed by atoms with Gasteiger partial charge < -0.3 is 10.6 Å². The maximum atomic E-state index is 13.1. The standard InChI is InChI=1S/C14H22FN3/c1-10(2)8-17-14(16-4)18-9-12-5-6-13(15)11(3)7-12/h5-7,10H,8-9H2,1-4H3,(H2,16,17,18). The lowest BCUT2D eigenvalue weighted by Crippen LogP contribution is -2.38. The number of rotatable bonds is 4. The fraction of sp³-hybridized carbons (Fsp3) is 0.500. The maximum Gasteiger partial charge on any atom is 0.191 e. The molecule has 0 aromatic heterocycles. The molecule has 0 heterocycles. The molecule has 0 unspecified atom stereocenters. The van der Waals surface area contributed by atoms with Gasteiger partial charge in [-0.1, -0.05) is 26.0 Å². The molecule has 4 heteroatoms. The third kappa shape index (κ3) is 4.73. The van der Waals surface area contributed by atoms with Gasteiger partial charge in [0.15, 0.2) is 5.96 Å². The first-order valence-electron chi connectivity index (χ1n) is 6.22. The first kappa shape index (κ1) is 14.5. The van der Waals surface area contributed by atoms with Crippen molar-refractivity contribution < 1.29 is 4.39 Å². The zero-order chi connectivity index (χ0) is 13.5. The van der Waals surface area contributed by atoms with Crippen LogP contribution < -0.4 is 10.6 Å². The van der Waals surface area contributed by atoms with Crippen LogP contribution in [0.3, 0.4) is 0 Å². The molecule has 0 amide bonds. The highest BCUT2D eigenvalue weighted by Gasteiger charge is 2.01. The van der Waals surface area contributed by atoms with Crippen LogP contribution in [-0.4, -0.2) is 19.6 Å². The lowest BCUT2D eigenvalue weighted by atomic mass is 10.1. The van der Waals surface area contributed by atoms with Crippen LogP contribution in [0.5, 0.6) is 0 Å². The molecule has 0 aliphatic carbocycles. The summed E-state index contributed by atoms with van der Waals surface area (Å²) in [5.74, 6) is 1.17. The van der Waals surface area contributed by atoms with E-state index in [4.69, 9.17) is 0 Å². The third-order valence-corrected chi connectivity index (χ3v) is 2.58. The lowest BCUT2D eigenvalue weighted by molar-refractivity contribution is 0.612.